The molecule has 1 atom stereocenters. The maximum Gasteiger partial charge on any atom is 0.416 e. The molecule has 3 rings (SSSR count). The third-order valence-corrected chi connectivity index (χ3v) is 4.48. The fraction of sp³-hybridized carbons (Fsp3) is 0.167. The van der Waals surface area contributed by atoms with Gasteiger partial charge in [-0.1, -0.05) is 42.5 Å². The Kier molecular flexibility index (Phi) is 7.07. The summed E-state index contributed by atoms with van der Waals surface area (Å²) in [5, 5.41) is 2.77. The topological polar surface area (TPSA) is 51.2 Å². The Hall–Kier alpha value is -3.61. The summed E-state index contributed by atoms with van der Waals surface area (Å²) in [5.74, 6) is 0.243. The van der Waals surface area contributed by atoms with E-state index >= 15 is 0 Å². The number of hydrogen-bond acceptors (Lipinski definition) is 3. The number of alkyl halides is 3. The standard InChI is InChI=1S/C24H21F3N2O2/c1-17(22-13-12-21(15-28-22)31-16-19-5-3-2-4-6-19)29-23(30)14-9-18-7-10-20(11-8-18)24(25,26)27/h2-15,17H,16H2,1H3,(H,29,30)/t17-/m1/s1. The van der Waals surface area contributed by atoms with Gasteiger partial charge in [-0.25, -0.2) is 0 Å². The fourth-order valence-corrected chi connectivity index (χ4v) is 2.76. The number of amides is 1. The van der Waals surface area contributed by atoms with Crippen molar-refractivity contribution in [3.05, 3.63) is 101 Å². The second kappa shape index (κ2) is 9.93. The maximum absolute atomic E-state index is 12.6. The molecule has 0 radical (unpaired) electrons. The SMILES string of the molecule is C[C@@H](NC(=O)C=Cc1ccc(C(F)(F)F)cc1)c1ccc(OCc2ccccc2)cn1. The van der Waals surface area contributed by atoms with Gasteiger partial charge in [-0.05, 0) is 48.4 Å². The Morgan fingerprint density at radius 1 is 1.06 bits per heavy atom. The molecule has 0 aliphatic carbocycles. The second-order valence-electron chi connectivity index (χ2n) is 6.88. The first-order valence-electron chi connectivity index (χ1n) is 9.60. The van der Waals surface area contributed by atoms with Crippen molar-refractivity contribution in [1.82, 2.24) is 10.3 Å². The van der Waals surface area contributed by atoms with Crippen LogP contribution in [0.4, 0.5) is 13.2 Å². The van der Waals surface area contributed by atoms with Crippen molar-refractivity contribution < 1.29 is 22.7 Å². The molecule has 3 aromatic rings. The Morgan fingerprint density at radius 2 is 1.77 bits per heavy atom. The smallest absolute Gasteiger partial charge is 0.416 e. The van der Waals surface area contributed by atoms with E-state index in [1.54, 1.807) is 25.3 Å². The van der Waals surface area contributed by atoms with Gasteiger partial charge in [-0.3, -0.25) is 9.78 Å². The fourth-order valence-electron chi connectivity index (χ4n) is 2.76. The summed E-state index contributed by atoms with van der Waals surface area (Å²) < 4.78 is 43.5. The van der Waals surface area contributed by atoms with Crippen molar-refractivity contribution >= 4 is 12.0 Å². The van der Waals surface area contributed by atoms with E-state index < -0.39 is 11.7 Å². The lowest BCUT2D eigenvalue weighted by molar-refractivity contribution is -0.137. The van der Waals surface area contributed by atoms with Gasteiger partial charge >= 0.3 is 6.18 Å². The first-order chi connectivity index (χ1) is 14.8. The van der Waals surface area contributed by atoms with Gasteiger partial charge in [0, 0.05) is 6.08 Å². The zero-order chi connectivity index (χ0) is 22.3. The average molecular weight is 426 g/mol. The second-order valence-corrected chi connectivity index (χ2v) is 6.88. The van der Waals surface area contributed by atoms with Crippen LogP contribution in [0.2, 0.25) is 0 Å². The molecule has 0 spiro atoms. The van der Waals surface area contributed by atoms with Crippen molar-refractivity contribution in [1.29, 1.82) is 0 Å². The summed E-state index contributed by atoms with van der Waals surface area (Å²) in [6, 6.07) is 17.5. The monoisotopic (exact) mass is 426 g/mol. The first kappa shape index (κ1) is 22.1. The Bertz CT molecular complexity index is 1020. The summed E-state index contributed by atoms with van der Waals surface area (Å²) in [7, 11) is 0. The molecule has 2 aromatic carbocycles. The summed E-state index contributed by atoms with van der Waals surface area (Å²) in [6.07, 6.45) is -0.0598. The number of rotatable bonds is 7. The minimum Gasteiger partial charge on any atom is -0.487 e. The average Bonchev–Trinajstić information content (AvgIpc) is 2.77. The lowest BCUT2D eigenvalue weighted by Crippen LogP contribution is -2.25. The summed E-state index contributed by atoms with van der Waals surface area (Å²) >= 11 is 0. The number of pyridine rings is 1. The highest BCUT2D eigenvalue weighted by Crippen LogP contribution is 2.29. The van der Waals surface area contributed by atoms with Crippen LogP contribution in [0.5, 0.6) is 5.75 Å². The van der Waals surface area contributed by atoms with E-state index in [2.05, 4.69) is 10.3 Å². The predicted octanol–water partition coefficient (Wildman–Crippen LogP) is 5.57. The van der Waals surface area contributed by atoms with Crippen molar-refractivity contribution in [3.63, 3.8) is 0 Å². The third-order valence-electron chi connectivity index (χ3n) is 4.48. The van der Waals surface area contributed by atoms with Crippen LogP contribution in [0.3, 0.4) is 0 Å². The summed E-state index contributed by atoms with van der Waals surface area (Å²) in [5.41, 5.74) is 1.47. The van der Waals surface area contributed by atoms with Crippen molar-refractivity contribution in [2.45, 2.75) is 25.7 Å². The van der Waals surface area contributed by atoms with Crippen LogP contribution in [-0.4, -0.2) is 10.9 Å². The maximum atomic E-state index is 12.6. The van der Waals surface area contributed by atoms with Crippen LogP contribution in [0.1, 0.15) is 35.3 Å². The van der Waals surface area contributed by atoms with Gasteiger partial charge in [0.2, 0.25) is 5.91 Å². The van der Waals surface area contributed by atoms with Crippen LogP contribution in [0.25, 0.3) is 6.08 Å². The minimum atomic E-state index is -4.38. The Morgan fingerprint density at radius 3 is 2.39 bits per heavy atom. The molecule has 0 bridgehead atoms. The molecular weight excluding hydrogens is 405 g/mol. The van der Waals surface area contributed by atoms with Crippen molar-refractivity contribution in [2.24, 2.45) is 0 Å². The molecule has 1 heterocycles. The molecule has 0 aliphatic heterocycles. The quantitative estimate of drug-likeness (QED) is 0.503. The lowest BCUT2D eigenvalue weighted by Gasteiger charge is -2.13. The molecule has 0 saturated heterocycles. The van der Waals surface area contributed by atoms with E-state index in [1.807, 2.05) is 30.3 Å². The normalized spacial score (nSPS) is 12.5. The largest absolute Gasteiger partial charge is 0.487 e. The van der Waals surface area contributed by atoms with Crippen molar-refractivity contribution in [2.75, 3.05) is 0 Å². The van der Waals surface area contributed by atoms with E-state index in [0.717, 1.165) is 17.7 Å². The highest BCUT2D eigenvalue weighted by Gasteiger charge is 2.29. The number of hydrogen-bond donors (Lipinski definition) is 1. The number of benzene rings is 2. The van der Waals surface area contributed by atoms with Gasteiger partial charge in [0.05, 0.1) is 23.5 Å². The number of halogens is 3. The molecule has 0 fully saturated rings. The number of carbonyl (C=O) groups is 1. The van der Waals surface area contributed by atoms with Crippen LogP contribution in [0, 0.1) is 0 Å². The number of aromatic nitrogens is 1. The zero-order valence-corrected chi connectivity index (χ0v) is 16.8. The van der Waals surface area contributed by atoms with Gasteiger partial charge in [0.15, 0.2) is 0 Å². The molecule has 1 N–H and O–H groups in total. The molecular formula is C24H21F3N2O2. The summed E-state index contributed by atoms with van der Waals surface area (Å²) in [4.78, 5) is 16.4. The van der Waals surface area contributed by atoms with Crippen LogP contribution in [0.15, 0.2) is 79.0 Å². The number of ether oxygens (including phenoxy) is 1. The molecule has 4 nitrogen and oxygen atoms in total. The molecule has 0 unspecified atom stereocenters. The van der Waals surface area contributed by atoms with Gasteiger partial charge in [0.25, 0.3) is 0 Å². The van der Waals surface area contributed by atoms with Crippen LogP contribution in [-0.2, 0) is 17.6 Å². The first-order valence-corrected chi connectivity index (χ1v) is 9.60. The highest BCUT2D eigenvalue weighted by molar-refractivity contribution is 5.91. The molecule has 0 aliphatic rings. The number of nitrogens with one attached hydrogen (secondary N) is 1. The molecule has 1 amide bonds. The highest BCUT2D eigenvalue weighted by atomic mass is 19.4. The van der Waals surface area contributed by atoms with Gasteiger partial charge in [-0.2, -0.15) is 13.2 Å². The molecule has 7 heteroatoms. The van der Waals surface area contributed by atoms with E-state index in [-0.39, 0.29) is 11.9 Å². The van der Waals surface area contributed by atoms with E-state index in [9.17, 15) is 18.0 Å². The van der Waals surface area contributed by atoms with Gasteiger partial charge in [-0.15, -0.1) is 0 Å². The van der Waals surface area contributed by atoms with Crippen LogP contribution >= 0.6 is 0 Å². The van der Waals surface area contributed by atoms with E-state index in [0.29, 0.717) is 23.6 Å². The zero-order valence-electron chi connectivity index (χ0n) is 16.8. The summed E-state index contributed by atoms with van der Waals surface area (Å²) in [6.45, 7) is 2.22. The van der Waals surface area contributed by atoms with E-state index in [1.165, 1.54) is 24.3 Å². The number of nitrogens with zero attached hydrogens (tertiary/aromatic N) is 1. The van der Waals surface area contributed by atoms with Crippen molar-refractivity contribution in [3.8, 4) is 5.75 Å². The lowest BCUT2D eigenvalue weighted by atomic mass is 10.1. The van der Waals surface area contributed by atoms with E-state index in [4.69, 9.17) is 4.74 Å². The molecule has 1 aromatic heterocycles. The third kappa shape index (κ3) is 6.70. The predicted molar refractivity (Wildman–Crippen MR) is 112 cm³/mol. The van der Waals surface area contributed by atoms with Crippen LogP contribution < -0.4 is 10.1 Å². The van der Waals surface area contributed by atoms with Gasteiger partial charge in [0.1, 0.15) is 12.4 Å². The molecule has 31 heavy (non-hydrogen) atoms. The molecule has 160 valence electrons. The Labute approximate surface area is 178 Å². The van der Waals surface area contributed by atoms with Gasteiger partial charge < -0.3 is 10.1 Å². The Balaban J connectivity index is 1.51. The molecule has 0 saturated carbocycles. The number of carbonyl (C=O) groups excluding carboxylic acids is 1. The minimum absolute atomic E-state index is 0.354.